The van der Waals surface area contributed by atoms with Crippen LogP contribution >= 0.6 is 0 Å². The van der Waals surface area contributed by atoms with Crippen molar-refractivity contribution in [3.8, 4) is 0 Å². The van der Waals surface area contributed by atoms with Gasteiger partial charge in [-0.1, -0.05) is 27.7 Å². The molecule has 0 amide bonds. The van der Waals surface area contributed by atoms with Crippen LogP contribution in [0.5, 0.6) is 0 Å². The van der Waals surface area contributed by atoms with Gasteiger partial charge in [-0.2, -0.15) is 0 Å². The molecular formula is C13H26O. The third-order valence-electron chi connectivity index (χ3n) is 3.70. The van der Waals surface area contributed by atoms with Gasteiger partial charge in [0.2, 0.25) is 0 Å². The first-order valence-electron chi connectivity index (χ1n) is 6.18. The third kappa shape index (κ3) is 3.27. The van der Waals surface area contributed by atoms with Crippen molar-refractivity contribution in [3.63, 3.8) is 0 Å². The second-order valence-electron chi connectivity index (χ2n) is 5.77. The lowest BCUT2D eigenvalue weighted by molar-refractivity contribution is 0.0278. The first-order chi connectivity index (χ1) is 6.50. The first kappa shape index (κ1) is 12.0. The van der Waals surface area contributed by atoms with Crippen LogP contribution in [0.25, 0.3) is 0 Å². The van der Waals surface area contributed by atoms with Gasteiger partial charge in [-0.25, -0.2) is 0 Å². The van der Waals surface area contributed by atoms with Crippen molar-refractivity contribution >= 4 is 0 Å². The zero-order valence-electron chi connectivity index (χ0n) is 10.2. The maximum Gasteiger partial charge on any atom is 0.0568 e. The number of rotatable bonds is 3. The van der Waals surface area contributed by atoms with E-state index in [-0.39, 0.29) is 6.10 Å². The van der Waals surface area contributed by atoms with E-state index in [1.165, 1.54) is 19.3 Å². The van der Waals surface area contributed by atoms with Crippen LogP contribution in [0.15, 0.2) is 0 Å². The summed E-state index contributed by atoms with van der Waals surface area (Å²) in [6.45, 7) is 9.14. The maximum atomic E-state index is 9.92. The molecule has 0 aromatic rings. The summed E-state index contributed by atoms with van der Waals surface area (Å²) in [5.41, 5.74) is 0. The fraction of sp³-hybridized carbons (Fsp3) is 1.00. The van der Waals surface area contributed by atoms with Gasteiger partial charge < -0.3 is 5.11 Å². The van der Waals surface area contributed by atoms with Crippen LogP contribution in [0.3, 0.4) is 0 Å². The summed E-state index contributed by atoms with van der Waals surface area (Å²) in [6.07, 6.45) is 4.68. The first-order valence-corrected chi connectivity index (χ1v) is 6.18. The molecule has 0 aliphatic heterocycles. The van der Waals surface area contributed by atoms with Crippen LogP contribution in [-0.4, -0.2) is 11.2 Å². The van der Waals surface area contributed by atoms with Gasteiger partial charge in [0, 0.05) is 0 Å². The van der Waals surface area contributed by atoms with Crippen molar-refractivity contribution in [2.24, 2.45) is 23.7 Å². The molecule has 1 rings (SSSR count). The molecule has 0 radical (unpaired) electrons. The highest BCUT2D eigenvalue weighted by Gasteiger charge is 2.30. The summed E-state index contributed by atoms with van der Waals surface area (Å²) in [5, 5.41) is 9.92. The molecule has 1 fully saturated rings. The van der Waals surface area contributed by atoms with Crippen LogP contribution in [0.1, 0.15) is 53.4 Å². The molecule has 1 nitrogen and oxygen atoms in total. The van der Waals surface area contributed by atoms with E-state index in [1.807, 2.05) is 0 Å². The Hall–Kier alpha value is -0.0400. The van der Waals surface area contributed by atoms with Crippen molar-refractivity contribution in [2.45, 2.75) is 59.5 Å². The van der Waals surface area contributed by atoms with Crippen LogP contribution in [0.4, 0.5) is 0 Å². The number of hydrogen-bond acceptors (Lipinski definition) is 1. The summed E-state index contributed by atoms with van der Waals surface area (Å²) in [7, 11) is 0. The number of aliphatic hydroxyl groups excluding tert-OH is 1. The second-order valence-corrected chi connectivity index (χ2v) is 5.77. The van der Waals surface area contributed by atoms with Gasteiger partial charge in [0.15, 0.2) is 0 Å². The van der Waals surface area contributed by atoms with Crippen LogP contribution in [0, 0.1) is 23.7 Å². The third-order valence-corrected chi connectivity index (χ3v) is 3.70. The Bertz CT molecular complexity index is 163. The molecule has 1 heteroatoms. The topological polar surface area (TPSA) is 20.2 Å². The molecule has 1 saturated carbocycles. The van der Waals surface area contributed by atoms with Crippen molar-refractivity contribution in [1.82, 2.24) is 0 Å². The summed E-state index contributed by atoms with van der Waals surface area (Å²) in [4.78, 5) is 0. The SMILES string of the molecule is CC(C)CC1CC(C(C)C)CCC1O. The fourth-order valence-electron chi connectivity index (χ4n) is 2.75. The molecule has 0 saturated heterocycles. The second kappa shape index (κ2) is 5.16. The Labute approximate surface area is 88.9 Å². The Morgan fingerprint density at radius 1 is 1.14 bits per heavy atom. The summed E-state index contributed by atoms with van der Waals surface area (Å²) in [5.74, 6) is 2.93. The standard InChI is InChI=1S/C13H26O/c1-9(2)7-12-8-11(10(3)4)5-6-13(12)14/h9-14H,5-8H2,1-4H3. The Balaban J connectivity index is 2.46. The molecule has 0 aromatic heterocycles. The van der Waals surface area contributed by atoms with Crippen molar-refractivity contribution < 1.29 is 5.11 Å². The van der Waals surface area contributed by atoms with Crippen molar-refractivity contribution in [1.29, 1.82) is 0 Å². The van der Waals surface area contributed by atoms with E-state index in [1.54, 1.807) is 0 Å². The van der Waals surface area contributed by atoms with Gasteiger partial charge in [0.05, 0.1) is 6.10 Å². The Morgan fingerprint density at radius 2 is 1.79 bits per heavy atom. The Kier molecular flexibility index (Phi) is 4.43. The van der Waals surface area contributed by atoms with Gasteiger partial charge in [-0.05, 0) is 49.4 Å². The van der Waals surface area contributed by atoms with Crippen LogP contribution < -0.4 is 0 Å². The predicted octanol–water partition coefficient (Wildman–Crippen LogP) is 3.47. The summed E-state index contributed by atoms with van der Waals surface area (Å²) in [6, 6.07) is 0. The van der Waals surface area contributed by atoms with E-state index in [4.69, 9.17) is 0 Å². The molecule has 3 atom stereocenters. The van der Waals surface area contributed by atoms with Gasteiger partial charge in [-0.3, -0.25) is 0 Å². The van der Waals surface area contributed by atoms with E-state index in [0.29, 0.717) is 5.92 Å². The normalized spacial score (nSPS) is 34.1. The van der Waals surface area contributed by atoms with E-state index in [0.717, 1.165) is 24.2 Å². The van der Waals surface area contributed by atoms with Gasteiger partial charge in [-0.15, -0.1) is 0 Å². The molecule has 14 heavy (non-hydrogen) atoms. The molecule has 84 valence electrons. The minimum absolute atomic E-state index is 0.0209. The minimum atomic E-state index is -0.0209. The Morgan fingerprint density at radius 3 is 2.29 bits per heavy atom. The van der Waals surface area contributed by atoms with Crippen molar-refractivity contribution in [3.05, 3.63) is 0 Å². The zero-order chi connectivity index (χ0) is 10.7. The highest BCUT2D eigenvalue weighted by atomic mass is 16.3. The van der Waals surface area contributed by atoms with E-state index in [2.05, 4.69) is 27.7 Å². The fourth-order valence-corrected chi connectivity index (χ4v) is 2.75. The average Bonchev–Trinajstić information content (AvgIpc) is 2.07. The van der Waals surface area contributed by atoms with Gasteiger partial charge in [0.1, 0.15) is 0 Å². The molecule has 0 aromatic carbocycles. The highest BCUT2D eigenvalue weighted by Crippen LogP contribution is 2.36. The molecule has 1 N–H and O–H groups in total. The number of hydrogen-bond donors (Lipinski definition) is 1. The lowest BCUT2D eigenvalue weighted by Crippen LogP contribution is -2.31. The zero-order valence-corrected chi connectivity index (χ0v) is 10.2. The van der Waals surface area contributed by atoms with Gasteiger partial charge in [0.25, 0.3) is 0 Å². The average molecular weight is 198 g/mol. The smallest absolute Gasteiger partial charge is 0.0568 e. The predicted molar refractivity (Wildman–Crippen MR) is 61.1 cm³/mol. The van der Waals surface area contributed by atoms with E-state index in [9.17, 15) is 5.11 Å². The molecule has 0 bridgehead atoms. The maximum absolute atomic E-state index is 9.92. The molecule has 0 spiro atoms. The van der Waals surface area contributed by atoms with Gasteiger partial charge >= 0.3 is 0 Å². The lowest BCUT2D eigenvalue weighted by Gasteiger charge is -2.36. The van der Waals surface area contributed by atoms with E-state index >= 15 is 0 Å². The summed E-state index contributed by atoms with van der Waals surface area (Å²) < 4.78 is 0. The van der Waals surface area contributed by atoms with E-state index < -0.39 is 0 Å². The molecular weight excluding hydrogens is 172 g/mol. The monoisotopic (exact) mass is 198 g/mol. The largest absolute Gasteiger partial charge is 0.393 e. The van der Waals surface area contributed by atoms with Crippen molar-refractivity contribution in [2.75, 3.05) is 0 Å². The lowest BCUT2D eigenvalue weighted by atomic mass is 9.72. The quantitative estimate of drug-likeness (QED) is 0.736. The molecule has 0 heterocycles. The summed E-state index contributed by atoms with van der Waals surface area (Å²) >= 11 is 0. The molecule has 1 aliphatic rings. The number of aliphatic hydroxyl groups is 1. The van der Waals surface area contributed by atoms with Crippen LogP contribution in [0.2, 0.25) is 0 Å². The molecule has 1 aliphatic carbocycles. The van der Waals surface area contributed by atoms with Crippen LogP contribution in [-0.2, 0) is 0 Å². The minimum Gasteiger partial charge on any atom is -0.393 e. The highest BCUT2D eigenvalue weighted by molar-refractivity contribution is 4.81. The molecule has 3 unspecified atom stereocenters.